The predicted molar refractivity (Wildman–Crippen MR) is 113 cm³/mol. The summed E-state index contributed by atoms with van der Waals surface area (Å²) in [5.41, 5.74) is 3.02. The van der Waals surface area contributed by atoms with Gasteiger partial charge < -0.3 is 15.5 Å². The normalized spacial score (nSPS) is 12.8. The van der Waals surface area contributed by atoms with E-state index in [-0.39, 0.29) is 11.9 Å². The third-order valence-electron chi connectivity index (χ3n) is 4.77. The van der Waals surface area contributed by atoms with Crippen LogP contribution in [0.5, 0.6) is 0 Å². The standard InChI is InChI=1S/C23H22N4O2/c28-22(27(21-10-11-21)16-17-12-14-24-15-13-17)18-6-8-20(9-7-18)26-23(29)25-19-4-2-1-3-5-19/h1-9,12-15,21H,10-11,16H2,(H2,25,26,29). The largest absolute Gasteiger partial charge is 0.331 e. The Morgan fingerprint density at radius 2 is 1.48 bits per heavy atom. The van der Waals surface area contributed by atoms with Gasteiger partial charge in [0.2, 0.25) is 0 Å². The van der Waals surface area contributed by atoms with E-state index in [2.05, 4.69) is 15.6 Å². The van der Waals surface area contributed by atoms with Gasteiger partial charge in [-0.3, -0.25) is 9.78 Å². The van der Waals surface area contributed by atoms with Crippen LogP contribution in [0.25, 0.3) is 0 Å². The fraction of sp³-hybridized carbons (Fsp3) is 0.174. The third-order valence-corrected chi connectivity index (χ3v) is 4.77. The second-order valence-corrected chi connectivity index (χ2v) is 7.04. The summed E-state index contributed by atoms with van der Waals surface area (Å²) >= 11 is 0. The summed E-state index contributed by atoms with van der Waals surface area (Å²) < 4.78 is 0. The molecule has 1 aromatic heterocycles. The minimum Gasteiger partial charge on any atom is -0.331 e. The molecule has 29 heavy (non-hydrogen) atoms. The molecule has 1 heterocycles. The molecule has 1 fully saturated rings. The summed E-state index contributed by atoms with van der Waals surface area (Å²) in [6, 6.07) is 20.1. The van der Waals surface area contributed by atoms with Crippen molar-refractivity contribution in [3.63, 3.8) is 0 Å². The molecule has 0 radical (unpaired) electrons. The first-order valence-corrected chi connectivity index (χ1v) is 9.62. The molecule has 3 amide bonds. The van der Waals surface area contributed by atoms with Crippen molar-refractivity contribution >= 4 is 23.3 Å². The number of hydrogen-bond acceptors (Lipinski definition) is 3. The van der Waals surface area contributed by atoms with Gasteiger partial charge in [0, 0.05) is 41.9 Å². The van der Waals surface area contributed by atoms with Crippen molar-refractivity contribution in [2.24, 2.45) is 0 Å². The molecule has 3 aromatic rings. The minimum absolute atomic E-state index is 0.00426. The third kappa shape index (κ3) is 4.99. The number of rotatable bonds is 6. The van der Waals surface area contributed by atoms with Crippen LogP contribution in [0.1, 0.15) is 28.8 Å². The van der Waals surface area contributed by atoms with Gasteiger partial charge in [-0.15, -0.1) is 0 Å². The van der Waals surface area contributed by atoms with E-state index in [1.165, 1.54) is 0 Å². The number of nitrogens with one attached hydrogen (secondary N) is 2. The lowest BCUT2D eigenvalue weighted by Gasteiger charge is -2.22. The molecule has 1 aliphatic rings. The van der Waals surface area contributed by atoms with Crippen molar-refractivity contribution in [3.8, 4) is 0 Å². The zero-order valence-electron chi connectivity index (χ0n) is 15.9. The molecule has 146 valence electrons. The van der Waals surface area contributed by atoms with E-state index < -0.39 is 0 Å². The first-order valence-electron chi connectivity index (χ1n) is 9.62. The zero-order valence-corrected chi connectivity index (χ0v) is 15.9. The summed E-state index contributed by atoms with van der Waals surface area (Å²) in [7, 11) is 0. The average molecular weight is 386 g/mol. The molecule has 0 spiro atoms. The Labute approximate surface area is 169 Å². The molecule has 1 saturated carbocycles. The topological polar surface area (TPSA) is 74.3 Å². The second kappa shape index (κ2) is 8.56. The smallest absolute Gasteiger partial charge is 0.323 e. The Kier molecular flexibility index (Phi) is 5.52. The summed E-state index contributed by atoms with van der Waals surface area (Å²) in [5, 5.41) is 5.54. The molecule has 0 atom stereocenters. The summed E-state index contributed by atoms with van der Waals surface area (Å²) in [6.45, 7) is 0.575. The Bertz CT molecular complexity index is 971. The van der Waals surface area contributed by atoms with E-state index in [1.807, 2.05) is 47.4 Å². The van der Waals surface area contributed by atoms with Gasteiger partial charge in [0.15, 0.2) is 0 Å². The minimum atomic E-state index is -0.326. The van der Waals surface area contributed by atoms with Gasteiger partial charge in [-0.1, -0.05) is 18.2 Å². The molecule has 4 rings (SSSR count). The molecule has 2 aromatic carbocycles. The Balaban J connectivity index is 1.39. The van der Waals surface area contributed by atoms with Crippen molar-refractivity contribution in [2.45, 2.75) is 25.4 Å². The number of carbonyl (C=O) groups is 2. The summed E-state index contributed by atoms with van der Waals surface area (Å²) in [4.78, 5) is 31.1. The van der Waals surface area contributed by atoms with Gasteiger partial charge in [-0.2, -0.15) is 0 Å². The van der Waals surface area contributed by atoms with E-state index in [4.69, 9.17) is 0 Å². The molecule has 0 unspecified atom stereocenters. The van der Waals surface area contributed by atoms with Crippen LogP contribution in [-0.2, 0) is 6.54 Å². The summed E-state index contributed by atoms with van der Waals surface area (Å²) in [6.07, 6.45) is 5.56. The lowest BCUT2D eigenvalue weighted by molar-refractivity contribution is 0.0730. The van der Waals surface area contributed by atoms with Crippen molar-refractivity contribution < 1.29 is 9.59 Å². The SMILES string of the molecule is O=C(Nc1ccccc1)Nc1ccc(C(=O)N(Cc2ccncc2)C2CC2)cc1. The number of carbonyl (C=O) groups excluding carboxylic acids is 2. The molecule has 2 N–H and O–H groups in total. The van der Waals surface area contributed by atoms with Gasteiger partial charge in [0.25, 0.3) is 5.91 Å². The molecule has 0 saturated heterocycles. The molecular formula is C23H22N4O2. The van der Waals surface area contributed by atoms with Crippen molar-refractivity contribution in [3.05, 3.63) is 90.3 Å². The maximum Gasteiger partial charge on any atom is 0.323 e. The number of nitrogens with zero attached hydrogens (tertiary/aromatic N) is 2. The Morgan fingerprint density at radius 1 is 0.862 bits per heavy atom. The van der Waals surface area contributed by atoms with Gasteiger partial charge in [-0.05, 0) is 66.9 Å². The number of anilines is 2. The molecule has 0 bridgehead atoms. The van der Waals surface area contributed by atoms with Crippen LogP contribution in [0.15, 0.2) is 79.1 Å². The number of urea groups is 1. The van der Waals surface area contributed by atoms with E-state index in [0.29, 0.717) is 29.5 Å². The van der Waals surface area contributed by atoms with Crippen LogP contribution in [0.4, 0.5) is 16.2 Å². The first kappa shape index (κ1) is 18.7. The summed E-state index contributed by atoms with van der Waals surface area (Å²) in [5.74, 6) is 0.00426. The Hall–Kier alpha value is -3.67. The van der Waals surface area contributed by atoms with Crippen LogP contribution in [-0.4, -0.2) is 27.9 Å². The fourth-order valence-corrected chi connectivity index (χ4v) is 3.11. The van der Waals surface area contributed by atoms with Crippen LogP contribution in [0.2, 0.25) is 0 Å². The quantitative estimate of drug-likeness (QED) is 0.654. The van der Waals surface area contributed by atoms with Crippen LogP contribution < -0.4 is 10.6 Å². The van der Waals surface area contributed by atoms with Crippen molar-refractivity contribution in [1.29, 1.82) is 0 Å². The maximum atomic E-state index is 13.0. The van der Waals surface area contributed by atoms with Crippen LogP contribution >= 0.6 is 0 Å². The highest BCUT2D eigenvalue weighted by molar-refractivity contribution is 6.00. The number of benzene rings is 2. The zero-order chi connectivity index (χ0) is 20.1. The lowest BCUT2D eigenvalue weighted by Crippen LogP contribution is -2.32. The van der Waals surface area contributed by atoms with E-state index in [0.717, 1.165) is 18.4 Å². The highest BCUT2D eigenvalue weighted by Gasteiger charge is 2.33. The molecule has 6 heteroatoms. The highest BCUT2D eigenvalue weighted by atomic mass is 16.2. The van der Waals surface area contributed by atoms with E-state index >= 15 is 0 Å². The number of aromatic nitrogens is 1. The molecule has 1 aliphatic carbocycles. The fourth-order valence-electron chi connectivity index (χ4n) is 3.11. The van der Waals surface area contributed by atoms with Crippen molar-refractivity contribution in [2.75, 3.05) is 10.6 Å². The van der Waals surface area contributed by atoms with Gasteiger partial charge in [-0.25, -0.2) is 4.79 Å². The lowest BCUT2D eigenvalue weighted by atomic mass is 10.1. The first-order chi connectivity index (χ1) is 14.2. The molecule has 0 aliphatic heterocycles. The average Bonchev–Trinajstić information content (AvgIpc) is 3.59. The number of hydrogen-bond donors (Lipinski definition) is 2. The number of pyridine rings is 1. The second-order valence-electron chi connectivity index (χ2n) is 7.04. The molecular weight excluding hydrogens is 364 g/mol. The Morgan fingerprint density at radius 3 is 2.10 bits per heavy atom. The van der Waals surface area contributed by atoms with Crippen LogP contribution in [0, 0.1) is 0 Å². The highest BCUT2D eigenvalue weighted by Crippen LogP contribution is 2.30. The van der Waals surface area contributed by atoms with E-state index in [1.54, 1.807) is 36.7 Å². The number of para-hydroxylation sites is 1. The maximum absolute atomic E-state index is 13.0. The van der Waals surface area contributed by atoms with Gasteiger partial charge >= 0.3 is 6.03 Å². The van der Waals surface area contributed by atoms with E-state index in [9.17, 15) is 9.59 Å². The molecule has 6 nitrogen and oxygen atoms in total. The number of amides is 3. The van der Waals surface area contributed by atoms with Crippen molar-refractivity contribution in [1.82, 2.24) is 9.88 Å². The van der Waals surface area contributed by atoms with Crippen LogP contribution in [0.3, 0.4) is 0 Å². The van der Waals surface area contributed by atoms with Gasteiger partial charge in [0.1, 0.15) is 0 Å². The monoisotopic (exact) mass is 386 g/mol. The predicted octanol–water partition coefficient (Wildman–Crippen LogP) is 4.53. The van der Waals surface area contributed by atoms with Gasteiger partial charge in [0.05, 0.1) is 0 Å².